The molecule has 0 radical (unpaired) electrons. The average molecular weight is 561 g/mol. The normalized spacial score (nSPS) is 18.3. The van der Waals surface area contributed by atoms with Gasteiger partial charge in [-0.05, 0) is 45.7 Å². The third-order valence-corrected chi connectivity index (χ3v) is 8.04. The molecule has 1 atom stereocenters. The summed E-state index contributed by atoms with van der Waals surface area (Å²) in [6.07, 6.45) is -0.173. The first-order valence-corrected chi connectivity index (χ1v) is 13.5. The SMILES string of the molecule is COc1nc2c(=O)n(C)nc(N[C@H](C)c3cccc(C(F)(F)C4(O)CC4)c3F)c2cc1N1CCN(C(C)C)CC1. The number of nitrogens with zero attached hydrogens (tertiary/aromatic N) is 5. The monoisotopic (exact) mass is 560 g/mol. The van der Waals surface area contributed by atoms with Crippen LogP contribution in [-0.4, -0.2) is 69.7 Å². The standard InChI is InChI=1S/C28H35F3N6O3/c1-16(2)36-11-13-37(14-12-36)21-15-19-23(33-25(21)40-5)26(38)35(4)34-24(19)32-17(3)18-7-6-8-20(22(18)29)28(30,31)27(39)9-10-27/h6-8,15-17,39H,9-14H2,1-5H3,(H,32,34)/t17-/m1/s1. The molecule has 2 N–H and O–H groups in total. The van der Waals surface area contributed by atoms with Crippen molar-refractivity contribution in [1.82, 2.24) is 19.7 Å². The second-order valence-corrected chi connectivity index (χ2v) is 11.0. The van der Waals surface area contributed by atoms with E-state index in [0.717, 1.165) is 36.9 Å². The summed E-state index contributed by atoms with van der Waals surface area (Å²) in [5.41, 5.74) is -2.70. The maximum Gasteiger partial charge on any atom is 0.304 e. The van der Waals surface area contributed by atoms with E-state index in [2.05, 4.69) is 39.0 Å². The topological polar surface area (TPSA) is 95.7 Å². The lowest BCUT2D eigenvalue weighted by Gasteiger charge is -2.38. The minimum atomic E-state index is -3.72. The highest BCUT2D eigenvalue weighted by Crippen LogP contribution is 2.54. The lowest BCUT2D eigenvalue weighted by atomic mass is 9.96. The van der Waals surface area contributed by atoms with Crippen LogP contribution in [0.4, 0.5) is 24.7 Å². The number of nitrogens with one attached hydrogen (secondary N) is 1. The van der Waals surface area contributed by atoms with Gasteiger partial charge in [-0.2, -0.15) is 13.9 Å². The number of ether oxygens (including phenoxy) is 1. The highest BCUT2D eigenvalue weighted by atomic mass is 19.3. The van der Waals surface area contributed by atoms with Gasteiger partial charge in [-0.25, -0.2) is 14.1 Å². The van der Waals surface area contributed by atoms with Gasteiger partial charge in [-0.15, -0.1) is 0 Å². The Kier molecular flexibility index (Phi) is 7.20. The Hall–Kier alpha value is -3.38. The Morgan fingerprint density at radius 3 is 2.42 bits per heavy atom. The fraction of sp³-hybridized carbons (Fsp3) is 0.536. The molecule has 1 saturated heterocycles. The fourth-order valence-corrected chi connectivity index (χ4v) is 5.29. The average Bonchev–Trinajstić information content (AvgIpc) is 3.70. The first kappa shape index (κ1) is 28.2. The number of alkyl halides is 2. The molecule has 2 fully saturated rings. The second-order valence-electron chi connectivity index (χ2n) is 11.0. The van der Waals surface area contributed by atoms with Crippen LogP contribution in [0.25, 0.3) is 10.9 Å². The van der Waals surface area contributed by atoms with Crippen molar-refractivity contribution in [3.63, 3.8) is 0 Å². The van der Waals surface area contributed by atoms with E-state index >= 15 is 4.39 Å². The summed E-state index contributed by atoms with van der Waals surface area (Å²) in [5, 5.41) is 18.0. The molecule has 1 aliphatic heterocycles. The van der Waals surface area contributed by atoms with Crippen LogP contribution in [-0.2, 0) is 13.0 Å². The molecule has 1 saturated carbocycles. The van der Waals surface area contributed by atoms with E-state index in [1.807, 2.05) is 0 Å². The minimum absolute atomic E-state index is 0.0169. The number of halogens is 3. The van der Waals surface area contributed by atoms with Crippen molar-refractivity contribution in [1.29, 1.82) is 0 Å². The van der Waals surface area contributed by atoms with E-state index in [1.54, 1.807) is 13.0 Å². The summed E-state index contributed by atoms with van der Waals surface area (Å²) in [4.78, 5) is 22.0. The molecule has 5 rings (SSSR count). The third kappa shape index (κ3) is 4.77. The van der Waals surface area contributed by atoms with E-state index in [4.69, 9.17) is 4.74 Å². The largest absolute Gasteiger partial charge is 0.480 e. The van der Waals surface area contributed by atoms with Gasteiger partial charge in [0.2, 0.25) is 5.88 Å². The molecule has 0 amide bonds. The van der Waals surface area contributed by atoms with Crippen molar-refractivity contribution in [2.24, 2.45) is 7.05 Å². The predicted molar refractivity (Wildman–Crippen MR) is 147 cm³/mol. The lowest BCUT2D eigenvalue weighted by Crippen LogP contribution is -2.49. The van der Waals surface area contributed by atoms with Crippen LogP contribution in [0.5, 0.6) is 5.88 Å². The first-order chi connectivity index (χ1) is 18.9. The summed E-state index contributed by atoms with van der Waals surface area (Å²) in [7, 11) is 2.97. The number of piperazine rings is 1. The van der Waals surface area contributed by atoms with Gasteiger partial charge in [0.05, 0.1) is 24.1 Å². The number of pyridine rings is 1. The van der Waals surface area contributed by atoms with Crippen molar-refractivity contribution < 1.29 is 23.0 Å². The third-order valence-electron chi connectivity index (χ3n) is 8.04. The van der Waals surface area contributed by atoms with E-state index < -0.39 is 34.5 Å². The molecule has 216 valence electrons. The van der Waals surface area contributed by atoms with Crippen LogP contribution in [0.1, 0.15) is 50.8 Å². The maximum atomic E-state index is 15.5. The van der Waals surface area contributed by atoms with Crippen LogP contribution in [0.15, 0.2) is 29.1 Å². The van der Waals surface area contributed by atoms with Gasteiger partial charge in [-0.3, -0.25) is 9.69 Å². The van der Waals surface area contributed by atoms with Crippen molar-refractivity contribution >= 4 is 22.4 Å². The maximum absolute atomic E-state index is 15.5. The molecule has 1 aromatic carbocycles. The summed E-state index contributed by atoms with van der Waals surface area (Å²) in [6.45, 7) is 9.10. The Morgan fingerprint density at radius 1 is 1.15 bits per heavy atom. The van der Waals surface area contributed by atoms with Gasteiger partial charge < -0.3 is 20.1 Å². The Bertz CT molecular complexity index is 1480. The fourth-order valence-electron chi connectivity index (χ4n) is 5.29. The smallest absolute Gasteiger partial charge is 0.304 e. The quantitative estimate of drug-likeness (QED) is 0.430. The highest BCUT2D eigenvalue weighted by molar-refractivity contribution is 5.92. The summed E-state index contributed by atoms with van der Waals surface area (Å²) in [5.74, 6) is -4.25. The van der Waals surface area contributed by atoms with Crippen LogP contribution in [0.2, 0.25) is 0 Å². The van der Waals surface area contributed by atoms with E-state index in [1.165, 1.54) is 26.3 Å². The van der Waals surface area contributed by atoms with E-state index in [9.17, 15) is 18.7 Å². The minimum Gasteiger partial charge on any atom is -0.480 e. The molecule has 2 aliphatic rings. The number of fused-ring (bicyclic) bond motifs is 1. The van der Waals surface area contributed by atoms with Gasteiger partial charge in [-0.1, -0.05) is 12.1 Å². The second kappa shape index (κ2) is 10.2. The highest BCUT2D eigenvalue weighted by Gasteiger charge is 2.63. The lowest BCUT2D eigenvalue weighted by molar-refractivity contribution is -0.134. The number of hydrogen-bond acceptors (Lipinski definition) is 8. The summed E-state index contributed by atoms with van der Waals surface area (Å²) < 4.78 is 52.0. The molecule has 9 nitrogen and oxygen atoms in total. The van der Waals surface area contributed by atoms with Gasteiger partial charge >= 0.3 is 5.92 Å². The Morgan fingerprint density at radius 2 is 1.82 bits per heavy atom. The Labute approximate surface area is 230 Å². The number of hydrogen-bond donors (Lipinski definition) is 2. The summed E-state index contributed by atoms with van der Waals surface area (Å²) in [6, 6.07) is 5.17. The molecule has 0 unspecified atom stereocenters. The van der Waals surface area contributed by atoms with Crippen LogP contribution in [0.3, 0.4) is 0 Å². The number of aliphatic hydroxyl groups is 1. The number of aromatic nitrogens is 3. The number of anilines is 2. The van der Waals surface area contributed by atoms with Crippen molar-refractivity contribution in [3.8, 4) is 5.88 Å². The summed E-state index contributed by atoms with van der Waals surface area (Å²) >= 11 is 0. The molecule has 40 heavy (non-hydrogen) atoms. The van der Waals surface area contributed by atoms with Crippen LogP contribution >= 0.6 is 0 Å². The molecule has 0 bridgehead atoms. The van der Waals surface area contributed by atoms with Gasteiger partial charge in [0.1, 0.15) is 22.6 Å². The number of rotatable bonds is 8. The zero-order valence-corrected chi connectivity index (χ0v) is 23.3. The number of benzene rings is 1. The van der Waals surface area contributed by atoms with Gasteiger partial charge in [0.25, 0.3) is 5.56 Å². The first-order valence-electron chi connectivity index (χ1n) is 13.5. The van der Waals surface area contributed by atoms with Crippen LogP contribution < -0.4 is 20.5 Å². The molecule has 2 aromatic heterocycles. The molecular formula is C28H35F3N6O3. The zero-order chi connectivity index (χ0) is 29.0. The molecular weight excluding hydrogens is 525 g/mol. The zero-order valence-electron chi connectivity index (χ0n) is 23.3. The van der Waals surface area contributed by atoms with Crippen molar-refractivity contribution in [3.05, 3.63) is 51.6 Å². The van der Waals surface area contributed by atoms with Crippen molar-refractivity contribution in [2.45, 2.75) is 57.2 Å². The molecule has 12 heteroatoms. The van der Waals surface area contributed by atoms with Gasteiger partial charge in [0.15, 0.2) is 5.82 Å². The van der Waals surface area contributed by atoms with Crippen molar-refractivity contribution in [2.75, 3.05) is 43.5 Å². The number of methoxy groups -OCH3 is 1. The van der Waals surface area contributed by atoms with Gasteiger partial charge in [0, 0.05) is 44.8 Å². The Balaban J connectivity index is 1.53. The van der Waals surface area contributed by atoms with E-state index in [-0.39, 0.29) is 29.7 Å². The molecule has 0 spiro atoms. The predicted octanol–water partition coefficient (Wildman–Crippen LogP) is 3.80. The number of aryl methyl sites for hydroxylation is 1. The molecule has 3 heterocycles. The molecule has 1 aliphatic carbocycles. The molecule has 3 aromatic rings. The van der Waals surface area contributed by atoms with Crippen LogP contribution in [0, 0.1) is 5.82 Å². The van der Waals surface area contributed by atoms with E-state index in [0.29, 0.717) is 23.0 Å².